The molecule has 1 N–H and O–H groups in total. The van der Waals surface area contributed by atoms with Crippen LogP contribution in [0.25, 0.3) is 0 Å². The lowest BCUT2D eigenvalue weighted by Crippen LogP contribution is -2.43. The summed E-state index contributed by atoms with van der Waals surface area (Å²) in [6.45, 7) is 8.99. The predicted octanol–water partition coefficient (Wildman–Crippen LogP) is 1.89. The molecule has 0 aliphatic heterocycles. The molecule has 1 atom stereocenters. The average molecular weight is 245 g/mol. The van der Waals surface area contributed by atoms with Crippen molar-refractivity contribution in [2.45, 2.75) is 58.3 Å². The SMILES string of the molecule is COC(C)(C)CC(C=O)NC(=O)OC(C)(C)C. The molecule has 17 heavy (non-hydrogen) atoms. The Bertz CT molecular complexity index is 268. The van der Waals surface area contributed by atoms with E-state index in [2.05, 4.69) is 5.32 Å². The van der Waals surface area contributed by atoms with Gasteiger partial charge in [0.2, 0.25) is 0 Å². The van der Waals surface area contributed by atoms with Gasteiger partial charge in [-0.3, -0.25) is 0 Å². The average Bonchev–Trinajstić information content (AvgIpc) is 2.13. The van der Waals surface area contributed by atoms with Gasteiger partial charge >= 0.3 is 6.09 Å². The Kier molecular flexibility index (Phi) is 5.61. The van der Waals surface area contributed by atoms with Crippen LogP contribution in [0.3, 0.4) is 0 Å². The van der Waals surface area contributed by atoms with Gasteiger partial charge in [-0.1, -0.05) is 0 Å². The van der Waals surface area contributed by atoms with Gasteiger partial charge in [-0.2, -0.15) is 0 Å². The molecule has 0 fully saturated rings. The van der Waals surface area contributed by atoms with Crippen LogP contribution < -0.4 is 5.32 Å². The first-order valence-electron chi connectivity index (χ1n) is 5.59. The summed E-state index contributed by atoms with van der Waals surface area (Å²) in [5.41, 5.74) is -1.05. The van der Waals surface area contributed by atoms with E-state index >= 15 is 0 Å². The van der Waals surface area contributed by atoms with E-state index in [1.54, 1.807) is 27.9 Å². The van der Waals surface area contributed by atoms with E-state index in [0.717, 1.165) is 0 Å². The maximum absolute atomic E-state index is 11.5. The van der Waals surface area contributed by atoms with Crippen LogP contribution in [0.1, 0.15) is 41.0 Å². The number of rotatable bonds is 5. The predicted molar refractivity (Wildman–Crippen MR) is 64.9 cm³/mol. The molecule has 1 unspecified atom stereocenters. The molecule has 5 heteroatoms. The van der Waals surface area contributed by atoms with E-state index in [4.69, 9.17) is 9.47 Å². The Balaban J connectivity index is 4.32. The lowest BCUT2D eigenvalue weighted by Gasteiger charge is -2.27. The van der Waals surface area contributed by atoms with E-state index in [1.807, 2.05) is 13.8 Å². The lowest BCUT2D eigenvalue weighted by atomic mass is 10.00. The van der Waals surface area contributed by atoms with Crippen LogP contribution in [0.4, 0.5) is 4.79 Å². The Morgan fingerprint density at radius 1 is 1.29 bits per heavy atom. The molecular formula is C12H23NO4. The number of hydrogen-bond donors (Lipinski definition) is 1. The second-order valence-corrected chi connectivity index (χ2v) is 5.56. The maximum atomic E-state index is 11.5. The summed E-state index contributed by atoms with van der Waals surface area (Å²) < 4.78 is 10.3. The Hall–Kier alpha value is -1.10. The molecule has 0 aromatic carbocycles. The number of ether oxygens (including phenoxy) is 2. The monoisotopic (exact) mass is 245 g/mol. The van der Waals surface area contributed by atoms with Crippen LogP contribution in [0.5, 0.6) is 0 Å². The molecule has 0 aromatic heterocycles. The quantitative estimate of drug-likeness (QED) is 0.751. The Morgan fingerprint density at radius 2 is 1.82 bits per heavy atom. The van der Waals surface area contributed by atoms with Crippen LogP contribution in [0, 0.1) is 0 Å². The molecule has 0 bridgehead atoms. The third kappa shape index (κ3) is 7.74. The van der Waals surface area contributed by atoms with E-state index < -0.39 is 23.3 Å². The molecule has 5 nitrogen and oxygen atoms in total. The van der Waals surface area contributed by atoms with Crippen LogP contribution in [-0.4, -0.2) is 36.7 Å². The first kappa shape index (κ1) is 15.9. The minimum absolute atomic E-state index is 0.395. The third-order valence-electron chi connectivity index (χ3n) is 2.13. The van der Waals surface area contributed by atoms with Crippen molar-refractivity contribution in [2.24, 2.45) is 0 Å². The molecule has 100 valence electrons. The van der Waals surface area contributed by atoms with Gasteiger partial charge in [-0.25, -0.2) is 4.79 Å². The zero-order valence-electron chi connectivity index (χ0n) is 11.5. The highest BCUT2D eigenvalue weighted by Gasteiger charge is 2.25. The van der Waals surface area contributed by atoms with Crippen LogP contribution in [0.15, 0.2) is 0 Å². The Morgan fingerprint density at radius 3 is 2.18 bits per heavy atom. The smallest absolute Gasteiger partial charge is 0.408 e. The third-order valence-corrected chi connectivity index (χ3v) is 2.13. The van der Waals surface area contributed by atoms with Gasteiger partial charge in [0.15, 0.2) is 0 Å². The summed E-state index contributed by atoms with van der Waals surface area (Å²) >= 11 is 0. The highest BCUT2D eigenvalue weighted by Crippen LogP contribution is 2.15. The number of carbonyl (C=O) groups is 2. The molecule has 0 heterocycles. The zero-order chi connectivity index (χ0) is 13.7. The highest BCUT2D eigenvalue weighted by molar-refractivity contribution is 5.73. The van der Waals surface area contributed by atoms with Gasteiger partial charge < -0.3 is 19.6 Å². The number of amides is 1. The first-order valence-corrected chi connectivity index (χ1v) is 5.59. The fraction of sp³-hybridized carbons (Fsp3) is 0.833. The molecule has 1 amide bonds. The van der Waals surface area contributed by atoms with Gasteiger partial charge in [-0.15, -0.1) is 0 Å². The molecule has 0 aliphatic carbocycles. The summed E-state index contributed by atoms with van der Waals surface area (Å²) in [6, 6.07) is -0.611. The standard InChI is InChI=1S/C12H23NO4/c1-11(2,3)17-10(15)13-9(8-14)7-12(4,5)16-6/h8-9H,7H2,1-6H3,(H,13,15). The van der Waals surface area contributed by atoms with E-state index in [0.29, 0.717) is 12.7 Å². The van der Waals surface area contributed by atoms with Gasteiger partial charge in [-0.05, 0) is 34.6 Å². The van der Waals surface area contributed by atoms with Crippen LogP contribution in [-0.2, 0) is 14.3 Å². The number of nitrogens with one attached hydrogen (secondary N) is 1. The van der Waals surface area contributed by atoms with Gasteiger partial charge in [0, 0.05) is 13.5 Å². The zero-order valence-corrected chi connectivity index (χ0v) is 11.5. The second kappa shape index (κ2) is 6.00. The van der Waals surface area contributed by atoms with Crippen molar-refractivity contribution >= 4 is 12.4 Å². The molecule has 0 radical (unpaired) electrons. The molecule has 0 spiro atoms. The van der Waals surface area contributed by atoms with Crippen molar-refractivity contribution in [1.82, 2.24) is 5.32 Å². The molecule has 0 saturated heterocycles. The molecule has 0 aliphatic rings. The fourth-order valence-corrected chi connectivity index (χ4v) is 1.21. The summed E-state index contributed by atoms with van der Waals surface area (Å²) in [5, 5.41) is 2.50. The van der Waals surface area contributed by atoms with Crippen molar-refractivity contribution in [3.63, 3.8) is 0 Å². The largest absolute Gasteiger partial charge is 0.444 e. The van der Waals surface area contributed by atoms with Crippen molar-refractivity contribution < 1.29 is 19.1 Å². The van der Waals surface area contributed by atoms with Crippen molar-refractivity contribution in [1.29, 1.82) is 0 Å². The second-order valence-electron chi connectivity index (χ2n) is 5.56. The normalized spacial score (nSPS) is 14.0. The number of aldehydes is 1. The molecular weight excluding hydrogens is 222 g/mol. The number of alkyl carbamates (subject to hydrolysis) is 1. The van der Waals surface area contributed by atoms with Gasteiger partial charge in [0.25, 0.3) is 0 Å². The van der Waals surface area contributed by atoms with Crippen molar-refractivity contribution in [3.05, 3.63) is 0 Å². The highest BCUT2D eigenvalue weighted by atomic mass is 16.6. The van der Waals surface area contributed by atoms with Gasteiger partial charge in [0.05, 0.1) is 11.6 Å². The fourth-order valence-electron chi connectivity index (χ4n) is 1.21. The minimum Gasteiger partial charge on any atom is -0.444 e. The summed E-state index contributed by atoms with van der Waals surface area (Å²) in [4.78, 5) is 22.3. The lowest BCUT2D eigenvalue weighted by molar-refractivity contribution is -0.111. The van der Waals surface area contributed by atoms with E-state index in [9.17, 15) is 9.59 Å². The maximum Gasteiger partial charge on any atom is 0.408 e. The van der Waals surface area contributed by atoms with Crippen molar-refractivity contribution in [2.75, 3.05) is 7.11 Å². The summed E-state index contributed by atoms with van der Waals surface area (Å²) in [6.07, 6.45) is 0.484. The molecule has 0 aromatic rings. The van der Waals surface area contributed by atoms with Crippen molar-refractivity contribution in [3.8, 4) is 0 Å². The molecule has 0 rings (SSSR count). The van der Waals surface area contributed by atoms with Crippen LogP contribution >= 0.6 is 0 Å². The summed E-state index contributed by atoms with van der Waals surface area (Å²) in [7, 11) is 1.56. The van der Waals surface area contributed by atoms with Gasteiger partial charge in [0.1, 0.15) is 11.9 Å². The topological polar surface area (TPSA) is 64.6 Å². The molecule has 0 saturated carbocycles. The number of methoxy groups -OCH3 is 1. The summed E-state index contributed by atoms with van der Waals surface area (Å²) in [5.74, 6) is 0. The number of carbonyl (C=O) groups excluding carboxylic acids is 2. The van der Waals surface area contributed by atoms with E-state index in [-0.39, 0.29) is 0 Å². The first-order chi connectivity index (χ1) is 7.59. The number of hydrogen-bond acceptors (Lipinski definition) is 4. The van der Waals surface area contributed by atoms with Crippen LogP contribution in [0.2, 0.25) is 0 Å². The minimum atomic E-state index is -0.611. The van der Waals surface area contributed by atoms with E-state index in [1.165, 1.54) is 0 Å². The Labute approximate surface area is 103 Å².